The predicted octanol–water partition coefficient (Wildman–Crippen LogP) is 10.7. The summed E-state index contributed by atoms with van der Waals surface area (Å²) in [6.45, 7) is 15.1. The third-order valence-electron chi connectivity index (χ3n) is 7.50. The molecule has 0 N–H and O–H groups in total. The monoisotopic (exact) mass is 477 g/mol. The van der Waals surface area contributed by atoms with Crippen LogP contribution in [-0.2, 0) is 11.8 Å². The van der Waals surface area contributed by atoms with Gasteiger partial charge in [0, 0.05) is 17.1 Å². The van der Waals surface area contributed by atoms with Gasteiger partial charge in [-0.15, -0.1) is 0 Å². The van der Waals surface area contributed by atoms with Crippen molar-refractivity contribution in [1.82, 2.24) is 0 Å². The molecule has 3 aromatic rings. The summed E-state index contributed by atoms with van der Waals surface area (Å²) in [5.74, 6) is 0. The lowest BCUT2D eigenvalue weighted by atomic mass is 9.78. The van der Waals surface area contributed by atoms with Crippen LogP contribution < -0.4 is 4.90 Å². The maximum Gasteiger partial charge on any atom is 0.0462 e. The minimum Gasteiger partial charge on any atom is -0.311 e. The van der Waals surface area contributed by atoms with Crippen LogP contribution in [0.5, 0.6) is 0 Å². The number of hydrogen-bond acceptors (Lipinski definition) is 1. The fourth-order valence-electron chi connectivity index (χ4n) is 4.67. The molecule has 0 aliphatic carbocycles. The van der Waals surface area contributed by atoms with E-state index in [1.54, 1.807) is 0 Å². The second-order valence-electron chi connectivity index (χ2n) is 9.82. The van der Waals surface area contributed by atoms with Crippen LogP contribution in [0.3, 0.4) is 0 Å². The van der Waals surface area contributed by atoms with Crippen molar-refractivity contribution in [2.75, 3.05) is 4.90 Å². The smallest absolute Gasteiger partial charge is 0.0462 e. The average Bonchev–Trinajstić information content (AvgIpc) is 2.93. The van der Waals surface area contributed by atoms with E-state index in [2.05, 4.69) is 130 Å². The van der Waals surface area contributed by atoms with Crippen molar-refractivity contribution in [2.24, 2.45) is 0 Å². The van der Waals surface area contributed by atoms with Crippen molar-refractivity contribution >= 4 is 22.6 Å². The SMILES string of the molecule is C=C/C=C(\C=C/C)c1ccc(N(c2ccc(CCCC)cc2)c2ccc(C(C)(CC)CC)cc2)cc1. The molecule has 0 saturated carbocycles. The van der Waals surface area contributed by atoms with Crippen molar-refractivity contribution in [1.29, 1.82) is 0 Å². The van der Waals surface area contributed by atoms with Crippen LogP contribution in [0.1, 0.15) is 77.0 Å². The lowest BCUT2D eigenvalue weighted by molar-refractivity contribution is 0.439. The highest BCUT2D eigenvalue weighted by Gasteiger charge is 2.22. The van der Waals surface area contributed by atoms with Crippen LogP contribution in [0.4, 0.5) is 17.1 Å². The summed E-state index contributed by atoms with van der Waals surface area (Å²) in [5, 5.41) is 0. The van der Waals surface area contributed by atoms with Gasteiger partial charge in [-0.2, -0.15) is 0 Å². The second kappa shape index (κ2) is 13.1. The Morgan fingerprint density at radius 1 is 0.806 bits per heavy atom. The molecular formula is C35H43N. The van der Waals surface area contributed by atoms with Crippen LogP contribution in [0.15, 0.2) is 104 Å². The number of nitrogens with zero attached hydrogens (tertiary/aromatic N) is 1. The lowest BCUT2D eigenvalue weighted by Crippen LogP contribution is -2.19. The van der Waals surface area contributed by atoms with Crippen LogP contribution >= 0.6 is 0 Å². The summed E-state index contributed by atoms with van der Waals surface area (Å²) >= 11 is 0. The summed E-state index contributed by atoms with van der Waals surface area (Å²) in [6.07, 6.45) is 14.0. The number of unbranched alkanes of at least 4 members (excludes halogenated alkanes) is 1. The molecule has 1 nitrogen and oxygen atoms in total. The molecule has 0 spiro atoms. The van der Waals surface area contributed by atoms with Crippen LogP contribution in [0.2, 0.25) is 0 Å². The third-order valence-corrected chi connectivity index (χ3v) is 7.50. The molecule has 0 aliphatic rings. The molecule has 1 heteroatoms. The summed E-state index contributed by atoms with van der Waals surface area (Å²) < 4.78 is 0. The van der Waals surface area contributed by atoms with E-state index in [-0.39, 0.29) is 5.41 Å². The van der Waals surface area contributed by atoms with Gasteiger partial charge in [-0.3, -0.25) is 0 Å². The summed E-state index contributed by atoms with van der Waals surface area (Å²) in [4.78, 5) is 2.36. The highest BCUT2D eigenvalue weighted by atomic mass is 15.1. The second-order valence-corrected chi connectivity index (χ2v) is 9.82. The van der Waals surface area contributed by atoms with Gasteiger partial charge in [0.15, 0.2) is 0 Å². The van der Waals surface area contributed by atoms with Gasteiger partial charge in [0.05, 0.1) is 0 Å². The van der Waals surface area contributed by atoms with E-state index in [9.17, 15) is 0 Å². The van der Waals surface area contributed by atoms with E-state index in [1.165, 1.54) is 40.9 Å². The Morgan fingerprint density at radius 3 is 1.81 bits per heavy atom. The molecule has 0 radical (unpaired) electrons. The van der Waals surface area contributed by atoms with Crippen molar-refractivity contribution in [2.45, 2.75) is 72.1 Å². The van der Waals surface area contributed by atoms with Crippen LogP contribution in [0, 0.1) is 0 Å². The largest absolute Gasteiger partial charge is 0.311 e. The van der Waals surface area contributed by atoms with Gasteiger partial charge in [-0.05, 0) is 96.7 Å². The molecule has 0 amide bonds. The molecule has 0 saturated heterocycles. The zero-order valence-electron chi connectivity index (χ0n) is 22.9. The highest BCUT2D eigenvalue weighted by Crippen LogP contribution is 2.38. The number of rotatable bonds is 12. The Balaban J connectivity index is 2.04. The Bertz CT molecular complexity index is 1140. The number of benzene rings is 3. The zero-order valence-corrected chi connectivity index (χ0v) is 22.9. The first-order valence-electron chi connectivity index (χ1n) is 13.5. The number of hydrogen-bond donors (Lipinski definition) is 0. The molecule has 0 heterocycles. The van der Waals surface area contributed by atoms with E-state index < -0.39 is 0 Å². The molecule has 0 fully saturated rings. The van der Waals surface area contributed by atoms with Gasteiger partial charge in [0.25, 0.3) is 0 Å². The van der Waals surface area contributed by atoms with E-state index in [0.717, 1.165) is 30.5 Å². The summed E-state index contributed by atoms with van der Waals surface area (Å²) in [7, 11) is 0. The highest BCUT2D eigenvalue weighted by molar-refractivity contribution is 5.80. The van der Waals surface area contributed by atoms with Gasteiger partial charge < -0.3 is 4.90 Å². The fourth-order valence-corrected chi connectivity index (χ4v) is 4.67. The Labute approximate surface area is 219 Å². The first-order valence-corrected chi connectivity index (χ1v) is 13.5. The first kappa shape index (κ1) is 27.3. The first-order chi connectivity index (χ1) is 17.5. The minimum absolute atomic E-state index is 0.215. The van der Waals surface area contributed by atoms with Crippen LogP contribution in [-0.4, -0.2) is 0 Å². The third kappa shape index (κ3) is 6.46. The van der Waals surface area contributed by atoms with Crippen molar-refractivity contribution < 1.29 is 0 Å². The molecule has 0 aromatic heterocycles. The van der Waals surface area contributed by atoms with Gasteiger partial charge in [-0.1, -0.05) is 101 Å². The van der Waals surface area contributed by atoms with Gasteiger partial charge in [-0.25, -0.2) is 0 Å². The zero-order chi connectivity index (χ0) is 26.0. The fraction of sp³-hybridized carbons (Fsp3) is 0.314. The summed E-state index contributed by atoms with van der Waals surface area (Å²) in [6, 6.07) is 27.1. The molecule has 3 rings (SSSR count). The van der Waals surface area contributed by atoms with Gasteiger partial charge in [0.1, 0.15) is 0 Å². The number of aryl methyl sites for hydroxylation is 1. The Kier molecular flexibility index (Phi) is 9.94. The molecule has 0 unspecified atom stereocenters. The molecule has 3 aromatic carbocycles. The topological polar surface area (TPSA) is 3.24 Å². The van der Waals surface area contributed by atoms with Crippen molar-refractivity contribution in [3.63, 3.8) is 0 Å². The van der Waals surface area contributed by atoms with E-state index in [0.29, 0.717) is 0 Å². The normalized spacial score (nSPS) is 12.2. The molecule has 0 atom stereocenters. The van der Waals surface area contributed by atoms with Gasteiger partial charge >= 0.3 is 0 Å². The minimum atomic E-state index is 0.215. The number of allylic oxidation sites excluding steroid dienone is 5. The molecule has 188 valence electrons. The van der Waals surface area contributed by atoms with Gasteiger partial charge in [0.2, 0.25) is 0 Å². The quantitative estimate of drug-likeness (QED) is 0.234. The Morgan fingerprint density at radius 2 is 1.33 bits per heavy atom. The lowest BCUT2D eigenvalue weighted by Gasteiger charge is -2.30. The average molecular weight is 478 g/mol. The standard InChI is InChI=1S/C35H43N/c1-7-12-15-28-16-22-32(23-17-28)36(34-26-20-31(21-27-34)35(6,10-4)11-5)33-24-18-30(19-25-33)29(13-8-2)14-9-3/h8-9,13-14,16-27H,2,7,10-12,15H2,1,3-6H3/b14-9-,29-13+. The van der Waals surface area contributed by atoms with Crippen molar-refractivity contribution in [3.05, 3.63) is 120 Å². The molecule has 0 aliphatic heterocycles. The van der Waals surface area contributed by atoms with E-state index >= 15 is 0 Å². The number of anilines is 3. The Hall–Kier alpha value is -3.32. The van der Waals surface area contributed by atoms with Crippen molar-refractivity contribution in [3.8, 4) is 0 Å². The maximum atomic E-state index is 3.88. The molecule has 36 heavy (non-hydrogen) atoms. The summed E-state index contributed by atoms with van der Waals surface area (Å²) in [5.41, 5.74) is 8.88. The maximum absolute atomic E-state index is 3.88. The molecule has 0 bridgehead atoms. The molecular weight excluding hydrogens is 434 g/mol. The van der Waals surface area contributed by atoms with E-state index in [4.69, 9.17) is 0 Å². The van der Waals surface area contributed by atoms with Crippen LogP contribution in [0.25, 0.3) is 5.57 Å². The predicted molar refractivity (Wildman–Crippen MR) is 161 cm³/mol. The van der Waals surface area contributed by atoms with E-state index in [1.807, 2.05) is 13.0 Å².